The SMILES string of the molecule is O=C(OC1CCCCC1)C(=CCO)CO. The molecule has 0 heterocycles. The third kappa shape index (κ3) is 4.01. The lowest BCUT2D eigenvalue weighted by atomic mass is 9.98. The van der Waals surface area contributed by atoms with Gasteiger partial charge in [0.15, 0.2) is 0 Å². The Labute approximate surface area is 89.6 Å². The molecule has 1 aliphatic rings. The van der Waals surface area contributed by atoms with E-state index in [9.17, 15) is 4.79 Å². The standard InChI is InChI=1S/C11H18O4/c12-7-6-9(8-13)11(14)15-10-4-2-1-3-5-10/h6,10,12-13H,1-5,7-8H2. The summed E-state index contributed by atoms with van der Waals surface area (Å²) < 4.78 is 5.22. The number of ether oxygens (including phenoxy) is 1. The van der Waals surface area contributed by atoms with Crippen molar-refractivity contribution in [1.82, 2.24) is 0 Å². The Bertz CT molecular complexity index is 229. The number of hydrogen-bond acceptors (Lipinski definition) is 4. The van der Waals surface area contributed by atoms with Crippen molar-refractivity contribution < 1.29 is 19.7 Å². The number of carbonyl (C=O) groups is 1. The zero-order valence-electron chi connectivity index (χ0n) is 8.82. The smallest absolute Gasteiger partial charge is 0.336 e. The third-order valence-electron chi connectivity index (χ3n) is 2.60. The zero-order valence-corrected chi connectivity index (χ0v) is 8.82. The van der Waals surface area contributed by atoms with Gasteiger partial charge >= 0.3 is 5.97 Å². The fourth-order valence-corrected chi connectivity index (χ4v) is 1.73. The predicted molar refractivity (Wildman–Crippen MR) is 55.2 cm³/mol. The summed E-state index contributed by atoms with van der Waals surface area (Å²) in [4.78, 5) is 11.5. The van der Waals surface area contributed by atoms with Crippen molar-refractivity contribution in [2.75, 3.05) is 13.2 Å². The Morgan fingerprint density at radius 3 is 2.47 bits per heavy atom. The Morgan fingerprint density at radius 2 is 1.93 bits per heavy atom. The van der Waals surface area contributed by atoms with E-state index in [-0.39, 0.29) is 24.9 Å². The van der Waals surface area contributed by atoms with E-state index < -0.39 is 5.97 Å². The van der Waals surface area contributed by atoms with E-state index in [0.717, 1.165) is 25.7 Å². The van der Waals surface area contributed by atoms with E-state index in [1.165, 1.54) is 12.5 Å². The first-order valence-corrected chi connectivity index (χ1v) is 5.39. The van der Waals surface area contributed by atoms with Gasteiger partial charge in [-0.05, 0) is 31.8 Å². The van der Waals surface area contributed by atoms with Crippen LogP contribution in [0, 0.1) is 0 Å². The number of aliphatic hydroxyl groups is 2. The molecule has 1 aliphatic carbocycles. The normalized spacial score (nSPS) is 18.9. The minimum absolute atomic E-state index is 0.0140. The quantitative estimate of drug-likeness (QED) is 0.536. The number of hydrogen-bond donors (Lipinski definition) is 2. The van der Waals surface area contributed by atoms with Gasteiger partial charge in [0, 0.05) is 0 Å². The first kappa shape index (κ1) is 12.2. The molecule has 0 aliphatic heterocycles. The van der Waals surface area contributed by atoms with E-state index in [1.807, 2.05) is 0 Å². The maximum absolute atomic E-state index is 11.5. The molecule has 4 heteroatoms. The zero-order chi connectivity index (χ0) is 11.1. The monoisotopic (exact) mass is 214 g/mol. The molecule has 2 N–H and O–H groups in total. The fourth-order valence-electron chi connectivity index (χ4n) is 1.73. The van der Waals surface area contributed by atoms with E-state index in [0.29, 0.717) is 0 Å². The lowest BCUT2D eigenvalue weighted by molar-refractivity contribution is -0.146. The predicted octanol–water partition coefficient (Wildman–Crippen LogP) is 0.773. The molecule has 0 unspecified atom stereocenters. The van der Waals surface area contributed by atoms with Crippen molar-refractivity contribution >= 4 is 5.97 Å². The van der Waals surface area contributed by atoms with Crippen LogP contribution < -0.4 is 0 Å². The maximum atomic E-state index is 11.5. The first-order valence-electron chi connectivity index (χ1n) is 5.39. The number of aliphatic hydroxyl groups excluding tert-OH is 2. The molecule has 1 saturated carbocycles. The van der Waals surface area contributed by atoms with Gasteiger partial charge < -0.3 is 14.9 Å². The van der Waals surface area contributed by atoms with E-state index in [2.05, 4.69) is 0 Å². The second kappa shape index (κ2) is 6.58. The van der Waals surface area contributed by atoms with Crippen LogP contribution in [0.15, 0.2) is 11.6 Å². The van der Waals surface area contributed by atoms with Gasteiger partial charge in [0.2, 0.25) is 0 Å². The molecule has 86 valence electrons. The van der Waals surface area contributed by atoms with Gasteiger partial charge in [-0.1, -0.05) is 6.42 Å². The van der Waals surface area contributed by atoms with Gasteiger partial charge in [-0.15, -0.1) is 0 Å². The summed E-state index contributed by atoms with van der Waals surface area (Å²) in [6.45, 7) is -0.637. The molecule has 1 rings (SSSR count). The molecule has 0 radical (unpaired) electrons. The van der Waals surface area contributed by atoms with Crippen molar-refractivity contribution in [3.05, 3.63) is 11.6 Å². The first-order chi connectivity index (χ1) is 7.27. The molecule has 0 saturated heterocycles. The molecule has 0 bridgehead atoms. The molecule has 0 aromatic heterocycles. The van der Waals surface area contributed by atoms with Crippen molar-refractivity contribution in [3.63, 3.8) is 0 Å². The molecular formula is C11H18O4. The summed E-state index contributed by atoms with van der Waals surface area (Å²) in [6, 6.07) is 0. The Kier molecular flexibility index (Phi) is 5.36. The second-order valence-electron chi connectivity index (χ2n) is 3.74. The lowest BCUT2D eigenvalue weighted by Gasteiger charge is -2.22. The molecule has 0 spiro atoms. The van der Waals surface area contributed by atoms with Gasteiger partial charge in [0.1, 0.15) is 6.10 Å². The summed E-state index contributed by atoms with van der Waals surface area (Å²) in [7, 11) is 0. The topological polar surface area (TPSA) is 66.8 Å². The average Bonchev–Trinajstić information content (AvgIpc) is 2.27. The van der Waals surface area contributed by atoms with Crippen molar-refractivity contribution in [2.24, 2.45) is 0 Å². The molecular weight excluding hydrogens is 196 g/mol. The third-order valence-corrected chi connectivity index (χ3v) is 2.60. The highest BCUT2D eigenvalue weighted by atomic mass is 16.5. The average molecular weight is 214 g/mol. The fraction of sp³-hybridized carbons (Fsp3) is 0.727. The Hall–Kier alpha value is -0.870. The summed E-state index contributed by atoms with van der Waals surface area (Å²) in [5.41, 5.74) is 0.142. The van der Waals surface area contributed by atoms with Crippen LogP contribution >= 0.6 is 0 Å². The van der Waals surface area contributed by atoms with Crippen molar-refractivity contribution in [3.8, 4) is 0 Å². The number of rotatable bonds is 4. The van der Waals surface area contributed by atoms with Gasteiger partial charge in [-0.2, -0.15) is 0 Å². The number of carbonyl (C=O) groups excluding carboxylic acids is 1. The van der Waals surface area contributed by atoms with Crippen LogP contribution in [-0.4, -0.2) is 35.5 Å². The van der Waals surface area contributed by atoms with E-state index >= 15 is 0 Å². The van der Waals surface area contributed by atoms with Gasteiger partial charge in [0.05, 0.1) is 18.8 Å². The van der Waals surface area contributed by atoms with Crippen LogP contribution in [0.1, 0.15) is 32.1 Å². The van der Waals surface area contributed by atoms with Gasteiger partial charge in [0.25, 0.3) is 0 Å². The largest absolute Gasteiger partial charge is 0.459 e. The highest BCUT2D eigenvalue weighted by molar-refractivity contribution is 5.88. The lowest BCUT2D eigenvalue weighted by Crippen LogP contribution is -2.23. The molecule has 0 aromatic rings. The van der Waals surface area contributed by atoms with Crippen LogP contribution in [-0.2, 0) is 9.53 Å². The Balaban J connectivity index is 2.42. The summed E-state index contributed by atoms with van der Waals surface area (Å²) in [5, 5.41) is 17.5. The van der Waals surface area contributed by atoms with Crippen molar-refractivity contribution in [2.45, 2.75) is 38.2 Å². The summed E-state index contributed by atoms with van der Waals surface area (Å²) in [6.07, 6.45) is 6.47. The van der Waals surface area contributed by atoms with Gasteiger partial charge in [-0.25, -0.2) is 4.79 Å². The highest BCUT2D eigenvalue weighted by Gasteiger charge is 2.19. The molecule has 0 amide bonds. The highest BCUT2D eigenvalue weighted by Crippen LogP contribution is 2.21. The summed E-state index contributed by atoms with van der Waals surface area (Å²) >= 11 is 0. The second-order valence-corrected chi connectivity index (χ2v) is 3.74. The molecule has 1 fully saturated rings. The van der Waals surface area contributed by atoms with Gasteiger partial charge in [-0.3, -0.25) is 0 Å². The van der Waals surface area contributed by atoms with Crippen LogP contribution in [0.5, 0.6) is 0 Å². The minimum atomic E-state index is -0.501. The maximum Gasteiger partial charge on any atom is 0.336 e. The molecule has 15 heavy (non-hydrogen) atoms. The van der Waals surface area contributed by atoms with E-state index in [4.69, 9.17) is 14.9 Å². The Morgan fingerprint density at radius 1 is 1.27 bits per heavy atom. The van der Waals surface area contributed by atoms with Crippen LogP contribution in [0.25, 0.3) is 0 Å². The van der Waals surface area contributed by atoms with Crippen molar-refractivity contribution in [1.29, 1.82) is 0 Å². The molecule has 0 atom stereocenters. The van der Waals surface area contributed by atoms with Crippen LogP contribution in [0.3, 0.4) is 0 Å². The van der Waals surface area contributed by atoms with Crippen LogP contribution in [0.4, 0.5) is 0 Å². The van der Waals surface area contributed by atoms with E-state index in [1.54, 1.807) is 0 Å². The summed E-state index contributed by atoms with van der Waals surface area (Å²) in [5.74, 6) is -0.501. The molecule has 4 nitrogen and oxygen atoms in total. The van der Waals surface area contributed by atoms with Crippen LogP contribution in [0.2, 0.25) is 0 Å². The number of esters is 1. The molecule has 0 aromatic carbocycles. The minimum Gasteiger partial charge on any atom is -0.459 e.